The van der Waals surface area contributed by atoms with E-state index in [4.69, 9.17) is 5.10 Å². The molecule has 0 unspecified atom stereocenters. The molecule has 3 aromatic rings. The number of hydrogen-bond donors (Lipinski definition) is 0. The van der Waals surface area contributed by atoms with Crippen LogP contribution in [0.25, 0.3) is 16.8 Å². The summed E-state index contributed by atoms with van der Waals surface area (Å²) in [5.74, 6) is 0. The molecule has 26 heavy (non-hydrogen) atoms. The van der Waals surface area contributed by atoms with Gasteiger partial charge in [-0.15, -0.1) is 24.6 Å². The van der Waals surface area contributed by atoms with E-state index in [0.717, 1.165) is 17.1 Å². The molecule has 0 aliphatic rings. The maximum absolute atomic E-state index is 4.72. The van der Waals surface area contributed by atoms with Gasteiger partial charge in [-0.25, -0.2) is 11.5 Å². The van der Waals surface area contributed by atoms with Gasteiger partial charge in [0.15, 0.2) is 0 Å². The second-order valence-electron chi connectivity index (χ2n) is 4.67. The van der Waals surface area contributed by atoms with Gasteiger partial charge >= 0.3 is 0 Å². The minimum atomic E-state index is 0. The number of nitrogens with zero attached hydrogens (tertiary/aromatic N) is 2. The Balaban J connectivity index is -0.000000403. The summed E-state index contributed by atoms with van der Waals surface area (Å²) in [5.41, 5.74) is 5.62. The zero-order chi connectivity index (χ0) is 13.9. The Bertz CT molecular complexity index is 717. The maximum Gasteiger partial charge on any atom is 0 e. The Labute approximate surface area is 308 Å². The predicted octanol–water partition coefficient (Wildman–Crippen LogP) is 4.21. The number of rotatable bonds is 3. The normalized spacial score (nSPS) is 8.08. The van der Waals surface area contributed by atoms with Gasteiger partial charge in [0.2, 0.25) is 0 Å². The van der Waals surface area contributed by atoms with Crippen LogP contribution in [0.3, 0.4) is 0 Å². The predicted molar refractivity (Wildman–Crippen MR) is 81.6 cm³/mol. The van der Waals surface area contributed by atoms with Crippen LogP contribution in [0, 0.1) is 19.4 Å². The van der Waals surface area contributed by atoms with E-state index in [1.807, 2.05) is 41.9 Å². The minimum Gasteiger partial charge on any atom is -0.282 e. The van der Waals surface area contributed by atoms with Gasteiger partial charge in [0, 0.05) is 196 Å². The van der Waals surface area contributed by atoms with Gasteiger partial charge in [0.1, 0.15) is 0 Å². The molecular weight excluding hydrogens is 778 g/mol. The Hall–Kier alpha value is 4.14. The van der Waals surface area contributed by atoms with Crippen molar-refractivity contribution in [1.29, 1.82) is 0 Å². The van der Waals surface area contributed by atoms with Crippen molar-refractivity contribution in [3.63, 3.8) is 0 Å². The quantitative estimate of drug-likeness (QED) is 0.364. The van der Waals surface area contributed by atoms with Crippen molar-refractivity contribution in [1.82, 2.24) is 9.78 Å². The number of aromatic nitrogens is 2. The van der Waals surface area contributed by atoms with Crippen LogP contribution in [-0.4, -0.2) is 9.78 Å². The first-order chi connectivity index (χ1) is 9.81. The molecule has 0 saturated carbocycles. The second kappa shape index (κ2) is 19.8. The van der Waals surface area contributed by atoms with E-state index in [1.54, 1.807) is 0 Å². The first kappa shape index (κ1) is 37.5. The zero-order valence-corrected chi connectivity index (χ0v) is 32.2. The van der Waals surface area contributed by atoms with Gasteiger partial charge in [0.05, 0.1) is 0 Å². The molecule has 3 rings (SSSR count). The average molecular weight is 794 g/mol. The van der Waals surface area contributed by atoms with E-state index in [0.29, 0.717) is 0 Å². The first-order valence-electron chi connectivity index (χ1n) is 6.72. The molecule has 0 bridgehead atoms. The van der Waals surface area contributed by atoms with E-state index >= 15 is 0 Å². The van der Waals surface area contributed by atoms with E-state index in [1.165, 1.54) is 11.1 Å². The molecule has 0 N–H and O–H groups in total. The molecule has 8 heteroatoms. The Morgan fingerprint density at radius 2 is 1.38 bits per heavy atom. The van der Waals surface area contributed by atoms with E-state index in [9.17, 15) is 0 Å². The molecule has 0 amide bonds. The molecule has 2 aromatic carbocycles. The zero-order valence-electron chi connectivity index (χ0n) is 15.1. The van der Waals surface area contributed by atoms with Crippen LogP contribution in [0.15, 0.2) is 54.6 Å². The van der Waals surface area contributed by atoms with Gasteiger partial charge in [-0.2, -0.15) is 18.2 Å². The van der Waals surface area contributed by atoms with Crippen molar-refractivity contribution in [2.45, 2.75) is 13.8 Å². The van der Waals surface area contributed by atoms with E-state index in [-0.39, 0.29) is 196 Å². The number of hydrogen-bond acceptors (Lipinski definition) is 1. The molecule has 1 aromatic heterocycles. The minimum absolute atomic E-state index is 0. The van der Waals surface area contributed by atoms with Crippen molar-refractivity contribution in [2.75, 3.05) is 0 Å². The topological polar surface area (TPSA) is 17.8 Å². The first-order valence-corrected chi connectivity index (χ1v) is 6.72. The SMILES string of the molecule is C[CH-]c1nn(-c2cc[c-]cc2)c(C)c1-c1ccccc1.[Y].[Y].[Y].[Y].[Y].[Y]. The van der Waals surface area contributed by atoms with Crippen LogP contribution in [0.1, 0.15) is 18.3 Å². The molecule has 0 saturated heterocycles. The van der Waals surface area contributed by atoms with Crippen LogP contribution < -0.4 is 0 Å². The van der Waals surface area contributed by atoms with Crippen molar-refractivity contribution in [2.24, 2.45) is 0 Å². The second-order valence-corrected chi connectivity index (χ2v) is 4.67. The summed E-state index contributed by atoms with van der Waals surface area (Å²) in [4.78, 5) is 0. The van der Waals surface area contributed by atoms with Crippen LogP contribution in [0.4, 0.5) is 0 Å². The van der Waals surface area contributed by atoms with E-state index in [2.05, 4.69) is 43.7 Å². The fourth-order valence-electron chi connectivity index (χ4n) is 2.46. The summed E-state index contributed by atoms with van der Waals surface area (Å²) >= 11 is 0. The molecule has 0 atom stereocenters. The summed E-state index contributed by atoms with van der Waals surface area (Å²) in [6, 6.07) is 21.3. The molecule has 6 radical (unpaired) electrons. The molecule has 0 fully saturated rings. The average Bonchev–Trinajstić information content (AvgIpc) is 2.86. The van der Waals surface area contributed by atoms with Crippen LogP contribution >= 0.6 is 0 Å². The van der Waals surface area contributed by atoms with Gasteiger partial charge < -0.3 is 0 Å². The Kier molecular flexibility index (Phi) is 28.5. The van der Waals surface area contributed by atoms with Crippen molar-refractivity contribution < 1.29 is 196 Å². The van der Waals surface area contributed by atoms with Crippen LogP contribution in [-0.2, 0) is 196 Å². The molecule has 0 spiro atoms. The van der Waals surface area contributed by atoms with Crippen molar-refractivity contribution in [3.8, 4) is 16.8 Å². The maximum atomic E-state index is 4.72. The Morgan fingerprint density at radius 1 is 0.846 bits per heavy atom. The van der Waals surface area contributed by atoms with Gasteiger partial charge in [-0.1, -0.05) is 41.6 Å². The summed E-state index contributed by atoms with van der Waals surface area (Å²) in [5, 5.41) is 4.72. The van der Waals surface area contributed by atoms with Crippen LogP contribution in [0.2, 0.25) is 0 Å². The number of benzene rings is 2. The molecule has 2 nitrogen and oxygen atoms in total. The third-order valence-corrected chi connectivity index (χ3v) is 3.42. The van der Waals surface area contributed by atoms with Crippen molar-refractivity contribution >= 4 is 0 Å². The molecule has 0 aliphatic heterocycles. The Morgan fingerprint density at radius 3 is 1.88 bits per heavy atom. The summed E-state index contributed by atoms with van der Waals surface area (Å²) < 4.78 is 1.99. The fraction of sp³-hybridized carbons (Fsp3) is 0.111. The van der Waals surface area contributed by atoms with Gasteiger partial charge in [0.25, 0.3) is 0 Å². The van der Waals surface area contributed by atoms with Crippen molar-refractivity contribution in [3.05, 3.63) is 78.5 Å². The van der Waals surface area contributed by atoms with Gasteiger partial charge in [-0.05, 0) is 18.3 Å². The monoisotopic (exact) mass is 794 g/mol. The molecule has 118 valence electrons. The van der Waals surface area contributed by atoms with Crippen LogP contribution in [0.5, 0.6) is 0 Å². The molecule has 1 heterocycles. The third kappa shape index (κ3) is 9.74. The summed E-state index contributed by atoms with van der Waals surface area (Å²) in [7, 11) is 0. The smallest absolute Gasteiger partial charge is 0 e. The fourth-order valence-corrected chi connectivity index (χ4v) is 2.46. The summed E-state index contributed by atoms with van der Waals surface area (Å²) in [6.45, 7) is 4.14. The largest absolute Gasteiger partial charge is 0.282 e. The summed E-state index contributed by atoms with van der Waals surface area (Å²) in [6.07, 6.45) is 2.06. The molecular formula is C18H16N2Y6-2. The molecule has 0 aliphatic carbocycles. The standard InChI is InChI=1S/C18H16N2.6Y/c1-3-17-18(15-10-6-4-7-11-15)14(2)20(19-17)16-12-8-5-9-13-16;;;;;;/h3-4,6-13H,1-2H3;;;;;;/q-2;;;;;;. The van der Waals surface area contributed by atoms with E-state index < -0.39 is 0 Å². The van der Waals surface area contributed by atoms with Gasteiger partial charge in [-0.3, -0.25) is 4.68 Å². The third-order valence-electron chi connectivity index (χ3n) is 3.42.